The second-order valence-corrected chi connectivity index (χ2v) is 5.14. The Morgan fingerprint density at radius 3 is 3.00 bits per heavy atom. The molecule has 1 saturated heterocycles. The molecular formula is C14H20ClFN2. The fourth-order valence-corrected chi connectivity index (χ4v) is 2.91. The summed E-state index contributed by atoms with van der Waals surface area (Å²) in [6.07, 6.45) is 7.30. The zero-order valence-electron chi connectivity index (χ0n) is 10.8. The van der Waals surface area contributed by atoms with E-state index in [0.29, 0.717) is 11.9 Å². The van der Waals surface area contributed by atoms with Gasteiger partial charge in [0, 0.05) is 18.2 Å². The van der Waals surface area contributed by atoms with Crippen LogP contribution in [0.4, 0.5) is 10.2 Å². The molecule has 0 saturated carbocycles. The van der Waals surface area contributed by atoms with E-state index in [0.717, 1.165) is 24.3 Å². The molecule has 1 aliphatic rings. The first kappa shape index (κ1) is 13.6. The molecule has 1 unspecified atom stereocenters. The summed E-state index contributed by atoms with van der Waals surface area (Å²) in [5.41, 5.74) is 0.803. The predicted octanol–water partition coefficient (Wildman–Crippen LogP) is 4.12. The zero-order valence-corrected chi connectivity index (χ0v) is 11.6. The Bertz CT molecular complexity index is 397. The zero-order chi connectivity index (χ0) is 13.0. The summed E-state index contributed by atoms with van der Waals surface area (Å²) in [7, 11) is 0. The second-order valence-electron chi connectivity index (χ2n) is 4.87. The number of alkyl halides is 1. The molecule has 1 fully saturated rings. The molecule has 0 aromatic carbocycles. The van der Waals surface area contributed by atoms with E-state index >= 15 is 0 Å². The van der Waals surface area contributed by atoms with Gasteiger partial charge < -0.3 is 4.90 Å². The molecule has 0 N–H and O–H groups in total. The van der Waals surface area contributed by atoms with Crippen LogP contribution in [0.2, 0.25) is 0 Å². The Morgan fingerprint density at radius 2 is 2.28 bits per heavy atom. The molecule has 0 aliphatic carbocycles. The lowest BCUT2D eigenvalue weighted by Gasteiger charge is -2.31. The van der Waals surface area contributed by atoms with Crippen molar-refractivity contribution in [2.24, 2.45) is 0 Å². The van der Waals surface area contributed by atoms with Crippen molar-refractivity contribution in [2.75, 3.05) is 11.4 Å². The van der Waals surface area contributed by atoms with E-state index < -0.39 is 0 Å². The van der Waals surface area contributed by atoms with Crippen molar-refractivity contribution in [2.45, 2.75) is 50.9 Å². The van der Waals surface area contributed by atoms with Crippen LogP contribution in [0.5, 0.6) is 0 Å². The predicted molar refractivity (Wildman–Crippen MR) is 73.6 cm³/mol. The lowest BCUT2D eigenvalue weighted by molar-refractivity contribution is 0.549. The fourth-order valence-electron chi connectivity index (χ4n) is 2.71. The smallest absolute Gasteiger partial charge is 0.141 e. The molecule has 1 atom stereocenters. The highest BCUT2D eigenvalue weighted by molar-refractivity contribution is 6.17. The maximum Gasteiger partial charge on any atom is 0.141 e. The van der Waals surface area contributed by atoms with Crippen LogP contribution in [0.15, 0.2) is 12.3 Å². The van der Waals surface area contributed by atoms with E-state index in [1.165, 1.54) is 37.9 Å². The van der Waals surface area contributed by atoms with Crippen molar-refractivity contribution in [3.05, 3.63) is 23.6 Å². The highest BCUT2D eigenvalue weighted by Gasteiger charge is 2.22. The highest BCUT2D eigenvalue weighted by Crippen LogP contribution is 2.28. The van der Waals surface area contributed by atoms with E-state index in [-0.39, 0.29) is 5.82 Å². The average molecular weight is 271 g/mol. The van der Waals surface area contributed by atoms with Crippen LogP contribution in [-0.2, 0) is 5.88 Å². The van der Waals surface area contributed by atoms with E-state index in [1.54, 1.807) is 0 Å². The minimum atomic E-state index is -0.308. The molecule has 18 heavy (non-hydrogen) atoms. The van der Waals surface area contributed by atoms with Crippen LogP contribution in [0.1, 0.15) is 44.6 Å². The van der Waals surface area contributed by atoms with Crippen molar-refractivity contribution in [3.63, 3.8) is 0 Å². The minimum Gasteiger partial charge on any atom is -0.353 e. The molecule has 2 heterocycles. The summed E-state index contributed by atoms with van der Waals surface area (Å²) >= 11 is 5.92. The van der Waals surface area contributed by atoms with Gasteiger partial charge in [-0.25, -0.2) is 9.37 Å². The largest absolute Gasteiger partial charge is 0.353 e. The Kier molecular flexibility index (Phi) is 4.81. The molecule has 1 aliphatic heterocycles. The van der Waals surface area contributed by atoms with Crippen LogP contribution < -0.4 is 4.90 Å². The second kappa shape index (κ2) is 6.37. The summed E-state index contributed by atoms with van der Waals surface area (Å²) in [5, 5.41) is 0. The van der Waals surface area contributed by atoms with Gasteiger partial charge in [0.2, 0.25) is 0 Å². The van der Waals surface area contributed by atoms with Gasteiger partial charge in [-0.3, -0.25) is 0 Å². The molecule has 0 spiro atoms. The monoisotopic (exact) mass is 270 g/mol. The first-order valence-corrected chi connectivity index (χ1v) is 7.26. The van der Waals surface area contributed by atoms with E-state index in [2.05, 4.69) is 16.8 Å². The molecule has 1 aromatic heterocycles. The third kappa shape index (κ3) is 2.94. The summed E-state index contributed by atoms with van der Waals surface area (Å²) in [6, 6.07) is 2.01. The standard InChI is InChI=1S/C14H20ClFN2/c1-2-13-6-4-3-5-7-18(13)14-11(9-15)8-12(16)10-17-14/h8,10,13H,2-7,9H2,1H3. The number of hydrogen-bond donors (Lipinski definition) is 0. The lowest BCUT2D eigenvalue weighted by atomic mass is 10.1. The van der Waals surface area contributed by atoms with Gasteiger partial charge >= 0.3 is 0 Å². The molecular weight excluding hydrogens is 251 g/mol. The number of aromatic nitrogens is 1. The van der Waals surface area contributed by atoms with E-state index in [1.807, 2.05) is 0 Å². The Hall–Kier alpha value is -0.830. The number of pyridine rings is 1. The topological polar surface area (TPSA) is 16.1 Å². The number of nitrogens with zero attached hydrogens (tertiary/aromatic N) is 2. The maximum atomic E-state index is 13.2. The Labute approximate surface area is 113 Å². The van der Waals surface area contributed by atoms with E-state index in [9.17, 15) is 4.39 Å². The minimum absolute atomic E-state index is 0.308. The molecule has 0 radical (unpaired) electrons. The van der Waals surface area contributed by atoms with Gasteiger partial charge in [-0.1, -0.05) is 19.8 Å². The van der Waals surface area contributed by atoms with Gasteiger partial charge in [0.1, 0.15) is 11.6 Å². The number of rotatable bonds is 3. The third-order valence-corrected chi connectivity index (χ3v) is 3.96. The number of halogens is 2. The van der Waals surface area contributed by atoms with Gasteiger partial charge in [-0.2, -0.15) is 0 Å². The number of anilines is 1. The van der Waals surface area contributed by atoms with Crippen LogP contribution >= 0.6 is 11.6 Å². The lowest BCUT2D eigenvalue weighted by Crippen LogP contribution is -2.35. The SMILES string of the molecule is CCC1CCCCCN1c1ncc(F)cc1CCl. The normalized spacial score (nSPS) is 20.8. The summed E-state index contributed by atoms with van der Waals surface area (Å²) in [4.78, 5) is 6.60. The van der Waals surface area contributed by atoms with Crippen LogP contribution in [0.25, 0.3) is 0 Å². The maximum absolute atomic E-state index is 13.2. The average Bonchev–Trinajstić information content (AvgIpc) is 2.63. The Morgan fingerprint density at radius 1 is 1.44 bits per heavy atom. The quantitative estimate of drug-likeness (QED) is 0.768. The van der Waals surface area contributed by atoms with E-state index in [4.69, 9.17) is 11.6 Å². The van der Waals surface area contributed by atoms with Crippen molar-refractivity contribution in [3.8, 4) is 0 Å². The summed E-state index contributed by atoms with van der Waals surface area (Å²) < 4.78 is 13.2. The van der Waals surface area contributed by atoms with Crippen molar-refractivity contribution in [1.29, 1.82) is 0 Å². The molecule has 1 aromatic rings. The van der Waals surface area contributed by atoms with Crippen LogP contribution in [-0.4, -0.2) is 17.6 Å². The highest BCUT2D eigenvalue weighted by atomic mass is 35.5. The van der Waals surface area contributed by atoms with Crippen LogP contribution in [0, 0.1) is 5.82 Å². The summed E-state index contributed by atoms with van der Waals surface area (Å²) in [5.74, 6) is 0.880. The van der Waals surface area contributed by atoms with Crippen LogP contribution in [0.3, 0.4) is 0 Å². The third-order valence-electron chi connectivity index (χ3n) is 3.67. The molecule has 0 bridgehead atoms. The molecule has 4 heteroatoms. The fraction of sp³-hybridized carbons (Fsp3) is 0.643. The molecule has 0 amide bonds. The van der Waals surface area contributed by atoms with Gasteiger partial charge in [-0.15, -0.1) is 11.6 Å². The molecule has 100 valence electrons. The van der Waals surface area contributed by atoms with Gasteiger partial charge in [-0.05, 0) is 25.3 Å². The summed E-state index contributed by atoms with van der Waals surface area (Å²) in [6.45, 7) is 3.20. The molecule has 2 rings (SSSR count). The Balaban J connectivity index is 2.32. The van der Waals surface area contributed by atoms with Gasteiger partial charge in [0.05, 0.1) is 12.1 Å². The van der Waals surface area contributed by atoms with Crippen molar-refractivity contribution in [1.82, 2.24) is 4.98 Å². The van der Waals surface area contributed by atoms with Crippen molar-refractivity contribution < 1.29 is 4.39 Å². The molecule has 2 nitrogen and oxygen atoms in total. The van der Waals surface area contributed by atoms with Gasteiger partial charge in [0.15, 0.2) is 0 Å². The number of hydrogen-bond acceptors (Lipinski definition) is 2. The van der Waals surface area contributed by atoms with Crippen molar-refractivity contribution >= 4 is 17.4 Å². The first-order valence-electron chi connectivity index (χ1n) is 6.73. The van der Waals surface area contributed by atoms with Gasteiger partial charge in [0.25, 0.3) is 0 Å². The first-order chi connectivity index (χ1) is 8.76.